The average molecular weight is 198 g/mol. The molecule has 0 saturated heterocycles. The fourth-order valence-corrected chi connectivity index (χ4v) is 3.13. The van der Waals surface area contributed by atoms with Gasteiger partial charge in [0.15, 0.2) is 0 Å². The molecule has 0 amide bonds. The summed E-state index contributed by atoms with van der Waals surface area (Å²) in [6, 6.07) is 0. The van der Waals surface area contributed by atoms with E-state index in [9.17, 15) is 5.11 Å². The molecule has 0 aliphatic heterocycles. The average Bonchev–Trinajstić information content (AvgIpc) is 2.01. The molecule has 0 bridgehead atoms. The highest BCUT2D eigenvalue weighted by Gasteiger charge is 2.36. The quantitative estimate of drug-likeness (QED) is 0.734. The van der Waals surface area contributed by atoms with Crippen LogP contribution >= 0.6 is 0 Å². The lowest BCUT2D eigenvalue weighted by molar-refractivity contribution is 0.0606. The largest absolute Gasteiger partial charge is 0.393 e. The second kappa shape index (κ2) is 4.65. The van der Waals surface area contributed by atoms with E-state index in [2.05, 4.69) is 20.8 Å². The molecule has 1 heteroatoms. The Labute approximate surface area is 88.9 Å². The summed E-state index contributed by atoms with van der Waals surface area (Å²) in [6.45, 7) is 9.08. The molecule has 0 spiro atoms. The first kappa shape index (κ1) is 12.0. The van der Waals surface area contributed by atoms with E-state index < -0.39 is 0 Å². The van der Waals surface area contributed by atoms with Crippen LogP contribution in [0.25, 0.3) is 0 Å². The van der Waals surface area contributed by atoms with Crippen molar-refractivity contribution in [2.45, 2.75) is 65.9 Å². The zero-order valence-corrected chi connectivity index (χ0v) is 10.2. The van der Waals surface area contributed by atoms with Gasteiger partial charge in [0.2, 0.25) is 0 Å². The third-order valence-corrected chi connectivity index (χ3v) is 4.07. The van der Waals surface area contributed by atoms with Crippen LogP contribution in [-0.4, -0.2) is 11.2 Å². The predicted molar refractivity (Wildman–Crippen MR) is 61.2 cm³/mol. The number of aliphatic hydroxyl groups is 1. The van der Waals surface area contributed by atoms with Crippen LogP contribution < -0.4 is 0 Å². The van der Waals surface area contributed by atoms with Gasteiger partial charge in [-0.05, 0) is 43.4 Å². The van der Waals surface area contributed by atoms with E-state index in [1.807, 2.05) is 6.92 Å². The molecule has 1 saturated carbocycles. The van der Waals surface area contributed by atoms with E-state index in [1.165, 1.54) is 25.7 Å². The zero-order valence-electron chi connectivity index (χ0n) is 10.2. The highest BCUT2D eigenvalue weighted by atomic mass is 16.3. The predicted octanol–water partition coefficient (Wildman–Crippen LogP) is 3.61. The molecule has 0 aromatic carbocycles. The van der Waals surface area contributed by atoms with Crippen molar-refractivity contribution in [3.05, 3.63) is 0 Å². The van der Waals surface area contributed by atoms with Crippen molar-refractivity contribution in [1.29, 1.82) is 0 Å². The van der Waals surface area contributed by atoms with Crippen LogP contribution in [0.3, 0.4) is 0 Å². The molecule has 3 atom stereocenters. The lowest BCUT2D eigenvalue weighted by atomic mass is 9.62. The SMILES string of the molecule is CC(O)CC[C@H]1C(C)CCCC1(C)C. The van der Waals surface area contributed by atoms with Crippen LogP contribution in [0.15, 0.2) is 0 Å². The van der Waals surface area contributed by atoms with Gasteiger partial charge in [-0.1, -0.05) is 33.6 Å². The molecule has 1 fully saturated rings. The summed E-state index contributed by atoms with van der Waals surface area (Å²) in [6.07, 6.45) is 6.18. The van der Waals surface area contributed by atoms with Gasteiger partial charge < -0.3 is 5.11 Å². The first-order valence-electron chi connectivity index (χ1n) is 6.11. The van der Waals surface area contributed by atoms with E-state index in [4.69, 9.17) is 0 Å². The van der Waals surface area contributed by atoms with Crippen molar-refractivity contribution in [2.75, 3.05) is 0 Å². The fourth-order valence-electron chi connectivity index (χ4n) is 3.13. The van der Waals surface area contributed by atoms with E-state index in [1.54, 1.807) is 0 Å². The van der Waals surface area contributed by atoms with E-state index in [0.717, 1.165) is 18.3 Å². The van der Waals surface area contributed by atoms with Crippen LogP contribution in [0.2, 0.25) is 0 Å². The van der Waals surface area contributed by atoms with Gasteiger partial charge in [0.25, 0.3) is 0 Å². The van der Waals surface area contributed by atoms with Crippen molar-refractivity contribution in [3.8, 4) is 0 Å². The molecule has 1 aliphatic carbocycles. The highest BCUT2D eigenvalue weighted by Crippen LogP contribution is 2.46. The Kier molecular flexibility index (Phi) is 4.00. The van der Waals surface area contributed by atoms with E-state index >= 15 is 0 Å². The van der Waals surface area contributed by atoms with Crippen LogP contribution in [0.5, 0.6) is 0 Å². The summed E-state index contributed by atoms with van der Waals surface area (Å²) >= 11 is 0. The van der Waals surface area contributed by atoms with Gasteiger partial charge in [0, 0.05) is 0 Å². The van der Waals surface area contributed by atoms with Gasteiger partial charge >= 0.3 is 0 Å². The minimum absolute atomic E-state index is 0.125. The third kappa shape index (κ3) is 2.98. The topological polar surface area (TPSA) is 20.2 Å². The summed E-state index contributed by atoms with van der Waals surface area (Å²) in [7, 11) is 0. The molecule has 0 aromatic rings. The van der Waals surface area contributed by atoms with Crippen LogP contribution in [0.4, 0.5) is 0 Å². The van der Waals surface area contributed by atoms with Crippen LogP contribution in [0, 0.1) is 17.3 Å². The maximum atomic E-state index is 9.34. The second-order valence-electron chi connectivity index (χ2n) is 5.89. The highest BCUT2D eigenvalue weighted by molar-refractivity contribution is 4.86. The smallest absolute Gasteiger partial charge is 0.0512 e. The molecular formula is C13H26O. The Bertz CT molecular complexity index is 172. The van der Waals surface area contributed by atoms with Crippen molar-refractivity contribution in [3.63, 3.8) is 0 Å². The maximum absolute atomic E-state index is 9.34. The number of aliphatic hydroxyl groups excluding tert-OH is 1. The van der Waals surface area contributed by atoms with Crippen LogP contribution in [0.1, 0.15) is 59.8 Å². The minimum atomic E-state index is -0.125. The number of hydrogen-bond donors (Lipinski definition) is 1. The molecular weight excluding hydrogens is 172 g/mol. The lowest BCUT2D eigenvalue weighted by Gasteiger charge is -2.43. The fraction of sp³-hybridized carbons (Fsp3) is 1.00. The lowest BCUT2D eigenvalue weighted by Crippen LogP contribution is -2.34. The van der Waals surface area contributed by atoms with Gasteiger partial charge in [-0.2, -0.15) is 0 Å². The van der Waals surface area contributed by atoms with E-state index in [-0.39, 0.29) is 6.10 Å². The Morgan fingerprint density at radius 2 is 2.07 bits per heavy atom. The maximum Gasteiger partial charge on any atom is 0.0512 e. The van der Waals surface area contributed by atoms with Crippen molar-refractivity contribution >= 4 is 0 Å². The summed E-state index contributed by atoms with van der Waals surface area (Å²) < 4.78 is 0. The minimum Gasteiger partial charge on any atom is -0.393 e. The summed E-state index contributed by atoms with van der Waals surface area (Å²) in [4.78, 5) is 0. The van der Waals surface area contributed by atoms with Gasteiger partial charge in [0.1, 0.15) is 0 Å². The molecule has 0 heterocycles. The second-order valence-corrected chi connectivity index (χ2v) is 5.89. The van der Waals surface area contributed by atoms with Gasteiger partial charge in [-0.25, -0.2) is 0 Å². The number of hydrogen-bond acceptors (Lipinski definition) is 1. The van der Waals surface area contributed by atoms with Crippen molar-refractivity contribution in [2.24, 2.45) is 17.3 Å². The molecule has 0 aromatic heterocycles. The van der Waals surface area contributed by atoms with Gasteiger partial charge in [0.05, 0.1) is 6.10 Å². The molecule has 14 heavy (non-hydrogen) atoms. The molecule has 84 valence electrons. The Morgan fingerprint density at radius 3 is 2.57 bits per heavy atom. The molecule has 2 unspecified atom stereocenters. The van der Waals surface area contributed by atoms with Crippen LogP contribution in [-0.2, 0) is 0 Å². The summed E-state index contributed by atoms with van der Waals surface area (Å²) in [5.41, 5.74) is 0.493. The zero-order chi connectivity index (χ0) is 10.8. The van der Waals surface area contributed by atoms with Crippen molar-refractivity contribution in [1.82, 2.24) is 0 Å². The Hall–Kier alpha value is -0.0400. The Morgan fingerprint density at radius 1 is 1.43 bits per heavy atom. The standard InChI is InChI=1S/C13H26O/c1-10-6-5-9-13(3,4)12(10)8-7-11(2)14/h10-12,14H,5-9H2,1-4H3/t10?,11?,12-/m0/s1. The van der Waals surface area contributed by atoms with Gasteiger partial charge in [-0.3, -0.25) is 0 Å². The molecule has 1 nitrogen and oxygen atoms in total. The molecule has 1 N–H and O–H groups in total. The van der Waals surface area contributed by atoms with Crippen molar-refractivity contribution < 1.29 is 5.11 Å². The first-order valence-corrected chi connectivity index (χ1v) is 6.11. The van der Waals surface area contributed by atoms with E-state index in [0.29, 0.717) is 5.41 Å². The molecule has 0 radical (unpaired) electrons. The monoisotopic (exact) mass is 198 g/mol. The Balaban J connectivity index is 2.52. The van der Waals surface area contributed by atoms with Gasteiger partial charge in [-0.15, -0.1) is 0 Å². The summed E-state index contributed by atoms with van der Waals surface area (Å²) in [5, 5.41) is 9.34. The third-order valence-electron chi connectivity index (χ3n) is 4.07. The number of rotatable bonds is 3. The first-order chi connectivity index (χ1) is 6.43. The normalized spacial score (nSPS) is 34.1. The molecule has 1 rings (SSSR count). The summed E-state index contributed by atoms with van der Waals surface area (Å²) in [5.74, 6) is 1.66. The molecule has 1 aliphatic rings.